The van der Waals surface area contributed by atoms with Crippen LogP contribution in [0.1, 0.15) is 24.8 Å². The number of benzene rings is 1. The molecule has 3 nitrogen and oxygen atoms in total. The molecule has 1 aromatic carbocycles. The van der Waals surface area contributed by atoms with Crippen LogP contribution in [0.2, 0.25) is 0 Å². The fraction of sp³-hybridized carbons (Fsp3) is 0.429. The first-order valence-electron chi connectivity index (χ1n) is 6.19. The van der Waals surface area contributed by atoms with E-state index in [4.69, 9.17) is 0 Å². The highest BCUT2D eigenvalue weighted by Crippen LogP contribution is 2.13. The van der Waals surface area contributed by atoms with Crippen LogP contribution < -0.4 is 0 Å². The number of hydrogen-bond donors (Lipinski definition) is 0. The molecule has 1 saturated heterocycles. The second kappa shape index (κ2) is 6.14. The number of piperidine rings is 1. The Balaban J connectivity index is 1.84. The molecule has 0 spiro atoms. The van der Waals surface area contributed by atoms with Crippen LogP contribution in [-0.4, -0.2) is 29.7 Å². The van der Waals surface area contributed by atoms with Crippen LogP contribution in [0.5, 0.6) is 0 Å². The molecular weight excluding hydrogens is 294 g/mol. The smallest absolute Gasteiger partial charge is 0.223 e. The summed E-state index contributed by atoms with van der Waals surface area (Å²) in [6, 6.07) is 7.98. The van der Waals surface area contributed by atoms with E-state index >= 15 is 0 Å². The molecule has 0 atom stereocenters. The molecule has 0 aliphatic carbocycles. The van der Waals surface area contributed by atoms with Gasteiger partial charge in [-0.05, 0) is 30.5 Å². The van der Waals surface area contributed by atoms with Crippen molar-refractivity contribution in [1.82, 2.24) is 4.90 Å². The van der Waals surface area contributed by atoms with Crippen LogP contribution in [0, 0.1) is 0 Å². The molecule has 0 bridgehead atoms. The van der Waals surface area contributed by atoms with Crippen molar-refractivity contribution in [3.05, 3.63) is 34.3 Å². The lowest BCUT2D eigenvalue weighted by Crippen LogP contribution is -2.40. The topological polar surface area (TPSA) is 37.4 Å². The van der Waals surface area contributed by atoms with Gasteiger partial charge in [0.15, 0.2) is 5.78 Å². The number of aryl methyl sites for hydroxylation is 1. The Kier molecular flexibility index (Phi) is 4.53. The number of amides is 1. The second-order valence-corrected chi connectivity index (χ2v) is 5.50. The number of ketones is 1. The minimum absolute atomic E-state index is 0.0889. The minimum Gasteiger partial charge on any atom is -0.335 e. The summed E-state index contributed by atoms with van der Waals surface area (Å²) in [4.78, 5) is 24.9. The zero-order valence-electron chi connectivity index (χ0n) is 10.2. The van der Waals surface area contributed by atoms with Crippen molar-refractivity contribution in [2.45, 2.75) is 25.7 Å². The zero-order chi connectivity index (χ0) is 13.0. The van der Waals surface area contributed by atoms with Gasteiger partial charge in [-0.2, -0.15) is 0 Å². The highest BCUT2D eigenvalue weighted by atomic mass is 79.9. The minimum atomic E-state index is 0.0889. The SMILES string of the molecule is O=C1CCCN(C(=O)CCc2ccc(Br)cc2)C1. The molecule has 1 amide bonds. The van der Waals surface area contributed by atoms with E-state index in [1.807, 2.05) is 24.3 Å². The van der Waals surface area contributed by atoms with Crippen molar-refractivity contribution in [1.29, 1.82) is 0 Å². The first kappa shape index (κ1) is 13.3. The molecule has 1 aliphatic heterocycles. The van der Waals surface area contributed by atoms with Crippen LogP contribution in [0.15, 0.2) is 28.7 Å². The Morgan fingerprint density at radius 1 is 1.28 bits per heavy atom. The van der Waals surface area contributed by atoms with Gasteiger partial charge in [-0.15, -0.1) is 0 Å². The maximum atomic E-state index is 11.9. The number of carbonyl (C=O) groups is 2. The lowest BCUT2D eigenvalue weighted by Gasteiger charge is -2.25. The summed E-state index contributed by atoms with van der Waals surface area (Å²) in [5, 5.41) is 0. The molecular formula is C14H16BrNO2. The van der Waals surface area contributed by atoms with Crippen LogP contribution >= 0.6 is 15.9 Å². The van der Waals surface area contributed by atoms with Crippen molar-refractivity contribution in [2.75, 3.05) is 13.1 Å². The van der Waals surface area contributed by atoms with Crippen molar-refractivity contribution in [2.24, 2.45) is 0 Å². The normalized spacial score (nSPS) is 15.8. The van der Waals surface area contributed by atoms with Crippen molar-refractivity contribution >= 4 is 27.6 Å². The van der Waals surface area contributed by atoms with Crippen LogP contribution in [0.25, 0.3) is 0 Å². The van der Waals surface area contributed by atoms with E-state index in [1.165, 1.54) is 0 Å². The van der Waals surface area contributed by atoms with E-state index in [-0.39, 0.29) is 11.7 Å². The van der Waals surface area contributed by atoms with Crippen LogP contribution in [0.4, 0.5) is 0 Å². The van der Waals surface area contributed by atoms with Crippen LogP contribution in [-0.2, 0) is 16.0 Å². The van der Waals surface area contributed by atoms with E-state index < -0.39 is 0 Å². The third kappa shape index (κ3) is 3.67. The van der Waals surface area contributed by atoms with Crippen LogP contribution in [0.3, 0.4) is 0 Å². The number of carbonyl (C=O) groups excluding carboxylic acids is 2. The Morgan fingerprint density at radius 3 is 2.67 bits per heavy atom. The number of likely N-dealkylation sites (tertiary alicyclic amines) is 1. The second-order valence-electron chi connectivity index (χ2n) is 4.58. The number of rotatable bonds is 3. The first-order chi connectivity index (χ1) is 8.65. The van der Waals surface area contributed by atoms with Gasteiger partial charge in [0.05, 0.1) is 6.54 Å². The molecule has 2 rings (SSSR count). The van der Waals surface area contributed by atoms with Crippen molar-refractivity contribution in [3.63, 3.8) is 0 Å². The predicted octanol–water partition coefficient (Wildman–Crippen LogP) is 2.57. The summed E-state index contributed by atoms with van der Waals surface area (Å²) in [7, 11) is 0. The van der Waals surface area contributed by atoms with Gasteiger partial charge in [0.25, 0.3) is 0 Å². The summed E-state index contributed by atoms with van der Waals surface area (Å²) in [5.74, 6) is 0.268. The summed E-state index contributed by atoms with van der Waals surface area (Å²) in [5.41, 5.74) is 1.15. The molecule has 18 heavy (non-hydrogen) atoms. The molecule has 96 valence electrons. The molecule has 0 radical (unpaired) electrons. The molecule has 0 unspecified atom stereocenters. The standard InChI is InChI=1S/C14H16BrNO2/c15-12-6-3-11(4-7-12)5-8-14(18)16-9-1-2-13(17)10-16/h3-4,6-7H,1-2,5,8-10H2. The molecule has 0 N–H and O–H groups in total. The predicted molar refractivity (Wildman–Crippen MR) is 73.3 cm³/mol. The zero-order valence-corrected chi connectivity index (χ0v) is 11.8. The lowest BCUT2D eigenvalue weighted by molar-refractivity contribution is -0.137. The molecule has 1 aromatic rings. The number of nitrogens with zero attached hydrogens (tertiary/aromatic N) is 1. The largest absolute Gasteiger partial charge is 0.335 e. The van der Waals surface area contributed by atoms with Gasteiger partial charge >= 0.3 is 0 Å². The van der Waals surface area contributed by atoms with Gasteiger partial charge in [0.1, 0.15) is 0 Å². The van der Waals surface area contributed by atoms with E-state index in [0.29, 0.717) is 19.4 Å². The van der Waals surface area contributed by atoms with Crippen molar-refractivity contribution < 1.29 is 9.59 Å². The summed E-state index contributed by atoms with van der Waals surface area (Å²) >= 11 is 3.38. The van der Waals surface area contributed by atoms with Crippen molar-refractivity contribution in [3.8, 4) is 0 Å². The highest BCUT2D eigenvalue weighted by molar-refractivity contribution is 9.10. The molecule has 1 aliphatic rings. The quantitative estimate of drug-likeness (QED) is 0.860. The molecule has 1 heterocycles. The molecule has 1 fully saturated rings. The van der Waals surface area contributed by atoms with Gasteiger partial charge in [-0.1, -0.05) is 28.1 Å². The van der Waals surface area contributed by atoms with Gasteiger partial charge in [-0.3, -0.25) is 9.59 Å². The Bertz CT molecular complexity index is 442. The fourth-order valence-electron chi connectivity index (χ4n) is 2.11. The number of halogens is 1. The van der Waals surface area contributed by atoms with E-state index in [9.17, 15) is 9.59 Å². The maximum Gasteiger partial charge on any atom is 0.223 e. The molecule has 0 aromatic heterocycles. The number of Topliss-reactive ketones (excluding diaryl/α,β-unsaturated/α-hetero) is 1. The number of hydrogen-bond acceptors (Lipinski definition) is 2. The Labute approximate surface area is 115 Å². The lowest BCUT2D eigenvalue weighted by atomic mass is 10.1. The molecule has 0 saturated carbocycles. The average Bonchev–Trinajstić information content (AvgIpc) is 2.38. The van der Waals surface area contributed by atoms with E-state index in [0.717, 1.165) is 29.4 Å². The van der Waals surface area contributed by atoms with Gasteiger partial charge in [-0.25, -0.2) is 0 Å². The Morgan fingerprint density at radius 2 is 2.00 bits per heavy atom. The van der Waals surface area contributed by atoms with E-state index in [2.05, 4.69) is 15.9 Å². The third-order valence-corrected chi connectivity index (χ3v) is 3.67. The monoisotopic (exact) mass is 309 g/mol. The Hall–Kier alpha value is -1.16. The summed E-state index contributed by atoms with van der Waals surface area (Å²) in [6.45, 7) is 1.03. The first-order valence-corrected chi connectivity index (χ1v) is 6.98. The third-order valence-electron chi connectivity index (χ3n) is 3.14. The fourth-order valence-corrected chi connectivity index (χ4v) is 2.38. The van der Waals surface area contributed by atoms with Gasteiger partial charge < -0.3 is 4.90 Å². The highest BCUT2D eigenvalue weighted by Gasteiger charge is 2.20. The maximum absolute atomic E-state index is 11.9. The van der Waals surface area contributed by atoms with Gasteiger partial charge in [0.2, 0.25) is 5.91 Å². The van der Waals surface area contributed by atoms with Gasteiger partial charge in [0, 0.05) is 23.9 Å². The summed E-state index contributed by atoms with van der Waals surface area (Å²) in [6.07, 6.45) is 2.64. The molecule has 4 heteroatoms. The summed E-state index contributed by atoms with van der Waals surface area (Å²) < 4.78 is 1.04. The average molecular weight is 310 g/mol. The van der Waals surface area contributed by atoms with E-state index in [1.54, 1.807) is 4.90 Å².